The van der Waals surface area contributed by atoms with Crippen LogP contribution in [0.1, 0.15) is 30.7 Å². The zero-order valence-electron chi connectivity index (χ0n) is 14.1. The number of nitrogens with zero attached hydrogens (tertiary/aromatic N) is 3. The molecule has 0 bridgehead atoms. The summed E-state index contributed by atoms with van der Waals surface area (Å²) in [6.07, 6.45) is 6.82. The lowest BCUT2D eigenvalue weighted by atomic mass is 10.0. The third kappa shape index (κ3) is 3.25. The Hall–Kier alpha value is -1.67. The fourth-order valence-corrected chi connectivity index (χ4v) is 5.08. The quantitative estimate of drug-likeness (QED) is 0.766. The lowest BCUT2D eigenvalue weighted by Crippen LogP contribution is -2.50. The minimum atomic E-state index is -3.62. The van der Waals surface area contributed by atoms with Crippen molar-refractivity contribution in [3.05, 3.63) is 23.6 Å². The van der Waals surface area contributed by atoms with Crippen molar-refractivity contribution < 1.29 is 17.7 Å². The van der Waals surface area contributed by atoms with Crippen LogP contribution < -0.4 is 0 Å². The minimum Gasteiger partial charge on any atom is -0.360 e. The third-order valence-corrected chi connectivity index (χ3v) is 6.85. The number of sulfonamides is 1. The van der Waals surface area contributed by atoms with Crippen molar-refractivity contribution in [1.82, 2.24) is 14.4 Å². The highest BCUT2D eigenvalue weighted by molar-refractivity contribution is 7.89. The molecule has 1 aromatic heterocycles. The number of allylic oxidation sites excluding steroid dienone is 2. The first-order valence-corrected chi connectivity index (χ1v) is 9.71. The average molecular weight is 353 g/mol. The van der Waals surface area contributed by atoms with Crippen LogP contribution in [0.15, 0.2) is 21.6 Å². The lowest BCUT2D eigenvalue weighted by molar-refractivity contribution is -0.133. The van der Waals surface area contributed by atoms with E-state index in [1.54, 1.807) is 18.7 Å². The standard InChI is InChI=1S/C16H23N3O4S/c1-12-16(13(2)23-17-12)24(21,22)19-9-7-18(8-10-19)15(20)11-14-5-3-4-6-14/h3,5,14H,4,6-11H2,1-2H3/t14-/m1/s1. The van der Waals surface area contributed by atoms with E-state index in [1.807, 2.05) is 0 Å². The maximum absolute atomic E-state index is 12.8. The summed E-state index contributed by atoms with van der Waals surface area (Å²) in [6, 6.07) is 0. The lowest BCUT2D eigenvalue weighted by Gasteiger charge is -2.34. The van der Waals surface area contributed by atoms with Crippen LogP contribution >= 0.6 is 0 Å². The highest BCUT2D eigenvalue weighted by atomic mass is 32.2. The maximum atomic E-state index is 12.8. The molecule has 0 spiro atoms. The van der Waals surface area contributed by atoms with Crippen molar-refractivity contribution >= 4 is 15.9 Å². The molecule has 132 valence electrons. The second-order valence-electron chi connectivity index (χ2n) is 6.41. The molecule has 7 nitrogen and oxygen atoms in total. The molecule has 24 heavy (non-hydrogen) atoms. The molecule has 1 aromatic rings. The summed E-state index contributed by atoms with van der Waals surface area (Å²) in [4.78, 5) is 14.3. The Bertz CT molecular complexity index is 726. The number of aromatic nitrogens is 1. The van der Waals surface area contributed by atoms with E-state index in [4.69, 9.17) is 4.52 Å². The summed E-state index contributed by atoms with van der Waals surface area (Å²) >= 11 is 0. The van der Waals surface area contributed by atoms with E-state index in [1.165, 1.54) is 4.31 Å². The predicted molar refractivity (Wildman–Crippen MR) is 87.8 cm³/mol. The van der Waals surface area contributed by atoms with Gasteiger partial charge in [-0.25, -0.2) is 8.42 Å². The van der Waals surface area contributed by atoms with Crippen molar-refractivity contribution in [2.24, 2.45) is 5.92 Å². The van der Waals surface area contributed by atoms with Gasteiger partial charge in [-0.3, -0.25) is 4.79 Å². The first kappa shape index (κ1) is 17.2. The van der Waals surface area contributed by atoms with Gasteiger partial charge in [0.2, 0.25) is 15.9 Å². The van der Waals surface area contributed by atoms with Gasteiger partial charge in [-0.05, 0) is 32.6 Å². The van der Waals surface area contributed by atoms with E-state index >= 15 is 0 Å². The molecule has 2 heterocycles. The number of aryl methyl sites for hydroxylation is 2. The van der Waals surface area contributed by atoms with Crippen molar-refractivity contribution in [3.8, 4) is 0 Å². The van der Waals surface area contributed by atoms with Gasteiger partial charge in [-0.1, -0.05) is 17.3 Å². The number of piperazine rings is 1. The molecule has 1 aliphatic heterocycles. The van der Waals surface area contributed by atoms with Gasteiger partial charge in [0.15, 0.2) is 5.76 Å². The van der Waals surface area contributed by atoms with Crippen molar-refractivity contribution in [2.75, 3.05) is 26.2 Å². The van der Waals surface area contributed by atoms with Gasteiger partial charge in [-0.15, -0.1) is 0 Å². The Balaban J connectivity index is 1.62. The van der Waals surface area contributed by atoms with Crippen LogP contribution in [0, 0.1) is 19.8 Å². The zero-order chi connectivity index (χ0) is 17.3. The van der Waals surface area contributed by atoms with Gasteiger partial charge in [0.05, 0.1) is 0 Å². The number of rotatable bonds is 4. The number of carbonyl (C=O) groups excluding carboxylic acids is 1. The Labute approximate surface area is 142 Å². The molecule has 8 heteroatoms. The molecule has 0 aromatic carbocycles. The first-order chi connectivity index (χ1) is 11.4. The van der Waals surface area contributed by atoms with Crippen LogP contribution in [0.25, 0.3) is 0 Å². The fraction of sp³-hybridized carbons (Fsp3) is 0.625. The molecule has 0 unspecified atom stereocenters. The Kier molecular flexibility index (Phi) is 4.78. The molecule has 1 fully saturated rings. The summed E-state index contributed by atoms with van der Waals surface area (Å²) in [7, 11) is -3.62. The fourth-order valence-electron chi connectivity index (χ4n) is 3.37. The maximum Gasteiger partial charge on any atom is 0.248 e. The first-order valence-electron chi connectivity index (χ1n) is 8.27. The zero-order valence-corrected chi connectivity index (χ0v) is 14.9. The smallest absolute Gasteiger partial charge is 0.248 e. The molecule has 1 amide bonds. The van der Waals surface area contributed by atoms with Gasteiger partial charge in [0.25, 0.3) is 0 Å². The summed E-state index contributed by atoms with van der Waals surface area (Å²) in [6.45, 7) is 4.69. The molecular weight excluding hydrogens is 330 g/mol. The SMILES string of the molecule is Cc1noc(C)c1S(=O)(=O)N1CCN(C(=O)C[C@@H]2C=CCC2)CC1. The Morgan fingerprint density at radius 3 is 2.54 bits per heavy atom. The number of carbonyl (C=O) groups is 1. The Morgan fingerprint density at radius 1 is 1.29 bits per heavy atom. The van der Waals surface area contributed by atoms with Crippen LogP contribution in [0.5, 0.6) is 0 Å². The summed E-state index contributed by atoms with van der Waals surface area (Å²) in [5.41, 5.74) is 0.374. The molecule has 0 N–H and O–H groups in total. The van der Waals surface area contributed by atoms with Crippen LogP contribution in [-0.2, 0) is 14.8 Å². The Morgan fingerprint density at radius 2 is 2.00 bits per heavy atom. The van der Waals surface area contributed by atoms with Crippen LogP contribution in [0.2, 0.25) is 0 Å². The molecule has 0 saturated carbocycles. The van der Waals surface area contributed by atoms with Crippen LogP contribution in [-0.4, -0.2) is 54.9 Å². The number of amides is 1. The predicted octanol–water partition coefficient (Wildman–Crippen LogP) is 1.48. The van der Waals surface area contributed by atoms with E-state index in [0.29, 0.717) is 50.0 Å². The minimum absolute atomic E-state index is 0.112. The molecule has 0 radical (unpaired) electrons. The largest absolute Gasteiger partial charge is 0.360 e. The van der Waals surface area contributed by atoms with E-state index < -0.39 is 10.0 Å². The van der Waals surface area contributed by atoms with E-state index in [2.05, 4.69) is 17.3 Å². The summed E-state index contributed by atoms with van der Waals surface area (Å²) < 4.78 is 31.9. The monoisotopic (exact) mass is 353 g/mol. The van der Waals surface area contributed by atoms with Crippen molar-refractivity contribution in [2.45, 2.75) is 38.0 Å². The normalized spacial score (nSPS) is 22.2. The van der Waals surface area contributed by atoms with E-state index in [0.717, 1.165) is 12.8 Å². The molecular formula is C16H23N3O4S. The van der Waals surface area contributed by atoms with Gasteiger partial charge >= 0.3 is 0 Å². The number of hydrogen-bond acceptors (Lipinski definition) is 5. The van der Waals surface area contributed by atoms with E-state index in [-0.39, 0.29) is 10.8 Å². The molecule has 1 atom stereocenters. The van der Waals surface area contributed by atoms with Crippen LogP contribution in [0.4, 0.5) is 0 Å². The average Bonchev–Trinajstić information content (AvgIpc) is 3.17. The highest BCUT2D eigenvalue weighted by Gasteiger charge is 2.34. The summed E-state index contributed by atoms with van der Waals surface area (Å²) in [5.74, 6) is 0.751. The van der Waals surface area contributed by atoms with Gasteiger partial charge in [0.1, 0.15) is 10.6 Å². The molecule has 1 saturated heterocycles. The topological polar surface area (TPSA) is 83.7 Å². The van der Waals surface area contributed by atoms with Crippen LogP contribution in [0.3, 0.4) is 0 Å². The van der Waals surface area contributed by atoms with Gasteiger partial charge < -0.3 is 9.42 Å². The summed E-state index contributed by atoms with van der Waals surface area (Å²) in [5, 5.41) is 3.73. The third-order valence-electron chi connectivity index (χ3n) is 4.71. The second kappa shape index (κ2) is 6.68. The second-order valence-corrected chi connectivity index (χ2v) is 8.28. The molecule has 1 aliphatic carbocycles. The highest BCUT2D eigenvalue weighted by Crippen LogP contribution is 2.25. The van der Waals surface area contributed by atoms with Crippen molar-refractivity contribution in [3.63, 3.8) is 0 Å². The van der Waals surface area contributed by atoms with Gasteiger partial charge in [0, 0.05) is 32.6 Å². The van der Waals surface area contributed by atoms with Gasteiger partial charge in [-0.2, -0.15) is 4.31 Å². The molecule has 2 aliphatic rings. The number of hydrogen-bond donors (Lipinski definition) is 0. The van der Waals surface area contributed by atoms with E-state index in [9.17, 15) is 13.2 Å². The molecule has 3 rings (SSSR count). The van der Waals surface area contributed by atoms with Crippen molar-refractivity contribution in [1.29, 1.82) is 0 Å².